The smallest absolute Gasteiger partial charge is 0.0554 e. The van der Waals surface area contributed by atoms with Crippen LogP contribution in [0.4, 0.5) is 5.69 Å². The lowest BCUT2D eigenvalue weighted by molar-refractivity contribution is 0.425. The highest BCUT2D eigenvalue weighted by molar-refractivity contribution is 6.30. The molecule has 2 heteroatoms. The van der Waals surface area contributed by atoms with E-state index >= 15 is 0 Å². The molecule has 0 saturated carbocycles. The van der Waals surface area contributed by atoms with Crippen LogP contribution in [0.2, 0.25) is 5.02 Å². The number of rotatable bonds is 1. The summed E-state index contributed by atoms with van der Waals surface area (Å²) >= 11 is 6.33. The summed E-state index contributed by atoms with van der Waals surface area (Å²) < 4.78 is 0. The van der Waals surface area contributed by atoms with Crippen LogP contribution in [0.3, 0.4) is 0 Å². The number of halogens is 1. The van der Waals surface area contributed by atoms with Crippen molar-refractivity contribution in [2.75, 3.05) is 5.32 Å². The maximum absolute atomic E-state index is 6.33. The minimum Gasteiger partial charge on any atom is -0.377 e. The van der Waals surface area contributed by atoms with Crippen molar-refractivity contribution in [2.45, 2.75) is 51.5 Å². The molecule has 0 unspecified atom stereocenters. The van der Waals surface area contributed by atoms with Gasteiger partial charge >= 0.3 is 0 Å². The van der Waals surface area contributed by atoms with E-state index in [-0.39, 0.29) is 5.41 Å². The van der Waals surface area contributed by atoms with Gasteiger partial charge in [-0.1, -0.05) is 68.8 Å². The molecule has 2 aliphatic rings. The van der Waals surface area contributed by atoms with Crippen LogP contribution in [0.5, 0.6) is 0 Å². The average Bonchev–Trinajstić information content (AvgIpc) is 3.03. The Morgan fingerprint density at radius 3 is 2.48 bits per heavy atom. The second kappa shape index (κ2) is 5.92. The largest absolute Gasteiger partial charge is 0.377 e. The fraction of sp³-hybridized carbons (Fsp3) is 0.391. The zero-order chi connectivity index (χ0) is 17.8. The molecule has 1 N–H and O–H groups in total. The molecule has 0 fully saturated rings. The van der Waals surface area contributed by atoms with E-state index in [1.807, 2.05) is 0 Å². The van der Waals surface area contributed by atoms with E-state index in [2.05, 4.69) is 81.6 Å². The molecule has 0 spiro atoms. The van der Waals surface area contributed by atoms with Gasteiger partial charge in [0, 0.05) is 16.6 Å². The number of allylic oxidation sites excluding steroid dienone is 2. The van der Waals surface area contributed by atoms with E-state index in [0.29, 0.717) is 17.9 Å². The van der Waals surface area contributed by atoms with Crippen molar-refractivity contribution in [1.82, 2.24) is 0 Å². The second-order valence-electron chi connectivity index (χ2n) is 8.53. The molecular weight excluding hydrogens is 326 g/mol. The molecule has 2 aromatic carbocycles. The van der Waals surface area contributed by atoms with Crippen molar-refractivity contribution >= 4 is 17.3 Å². The maximum atomic E-state index is 6.33. The summed E-state index contributed by atoms with van der Waals surface area (Å²) in [7, 11) is 0. The molecule has 3 atom stereocenters. The molecule has 0 bridgehead atoms. The van der Waals surface area contributed by atoms with Crippen molar-refractivity contribution in [2.24, 2.45) is 5.92 Å². The van der Waals surface area contributed by atoms with Crippen molar-refractivity contribution < 1.29 is 0 Å². The number of hydrogen-bond acceptors (Lipinski definition) is 1. The van der Waals surface area contributed by atoms with Gasteiger partial charge in [0.2, 0.25) is 0 Å². The van der Waals surface area contributed by atoms with Gasteiger partial charge in [-0.15, -0.1) is 0 Å². The number of benzene rings is 2. The summed E-state index contributed by atoms with van der Waals surface area (Å²) in [6.07, 6.45) is 5.82. The van der Waals surface area contributed by atoms with Crippen molar-refractivity contribution in [3.8, 4) is 0 Å². The SMILES string of the molecule is Cc1cc(Cl)cc2c1N[C@H](c1ccc(C(C)(C)C)cc1)[C@@H]1CC=C[C@@H]21. The number of nitrogens with one attached hydrogen (secondary N) is 1. The van der Waals surface area contributed by atoms with Crippen LogP contribution in [0.25, 0.3) is 0 Å². The van der Waals surface area contributed by atoms with Crippen LogP contribution in [-0.4, -0.2) is 0 Å². The topological polar surface area (TPSA) is 12.0 Å². The standard InChI is InChI=1S/C23H26ClN/c1-14-12-17(24)13-20-18-6-5-7-19(18)22(25-21(14)20)15-8-10-16(11-9-15)23(2,3)4/h5-6,8-13,18-19,22,25H,7H2,1-4H3/t18-,19-,22-/m1/s1. The lowest BCUT2D eigenvalue weighted by Gasteiger charge is -2.38. The summed E-state index contributed by atoms with van der Waals surface area (Å²) in [6, 6.07) is 13.8. The highest BCUT2D eigenvalue weighted by Gasteiger charge is 2.38. The molecule has 1 nitrogen and oxygen atoms in total. The van der Waals surface area contributed by atoms with Gasteiger partial charge in [0.15, 0.2) is 0 Å². The van der Waals surface area contributed by atoms with Gasteiger partial charge < -0.3 is 5.32 Å². The van der Waals surface area contributed by atoms with Gasteiger partial charge in [0.05, 0.1) is 6.04 Å². The number of fused-ring (bicyclic) bond motifs is 3. The molecule has 1 aliphatic carbocycles. The zero-order valence-corrected chi connectivity index (χ0v) is 16.2. The first-order chi connectivity index (χ1) is 11.8. The van der Waals surface area contributed by atoms with Crippen LogP contribution in [0, 0.1) is 12.8 Å². The average molecular weight is 352 g/mol. The van der Waals surface area contributed by atoms with Gasteiger partial charge in [-0.05, 0) is 59.1 Å². The normalized spacial score (nSPS) is 24.6. The van der Waals surface area contributed by atoms with E-state index in [0.717, 1.165) is 11.4 Å². The molecule has 0 amide bonds. The molecule has 0 radical (unpaired) electrons. The second-order valence-corrected chi connectivity index (χ2v) is 8.97. The fourth-order valence-corrected chi connectivity index (χ4v) is 4.64. The van der Waals surface area contributed by atoms with Gasteiger partial charge in [-0.25, -0.2) is 0 Å². The van der Waals surface area contributed by atoms with Crippen molar-refractivity contribution in [3.63, 3.8) is 0 Å². The Balaban J connectivity index is 1.74. The van der Waals surface area contributed by atoms with Crippen LogP contribution >= 0.6 is 11.6 Å². The third-order valence-electron chi connectivity index (χ3n) is 5.77. The predicted octanol–water partition coefficient (Wildman–Crippen LogP) is 6.77. The molecule has 0 aromatic heterocycles. The minimum atomic E-state index is 0.190. The van der Waals surface area contributed by atoms with Crippen LogP contribution in [0.15, 0.2) is 48.6 Å². The van der Waals surface area contributed by atoms with Crippen molar-refractivity contribution in [3.05, 3.63) is 75.8 Å². The van der Waals surface area contributed by atoms with Crippen LogP contribution < -0.4 is 5.32 Å². The van der Waals surface area contributed by atoms with E-state index in [4.69, 9.17) is 11.6 Å². The first kappa shape index (κ1) is 16.7. The third-order valence-corrected chi connectivity index (χ3v) is 5.98. The number of aryl methyl sites for hydroxylation is 1. The molecule has 4 rings (SSSR count). The predicted molar refractivity (Wildman–Crippen MR) is 108 cm³/mol. The lowest BCUT2D eigenvalue weighted by Crippen LogP contribution is -2.29. The minimum absolute atomic E-state index is 0.190. The van der Waals surface area contributed by atoms with Crippen molar-refractivity contribution in [1.29, 1.82) is 0 Å². The Hall–Kier alpha value is -1.73. The molecule has 1 heterocycles. The number of anilines is 1. The zero-order valence-electron chi connectivity index (χ0n) is 15.4. The Bertz CT molecular complexity index is 826. The van der Waals surface area contributed by atoms with E-state index in [9.17, 15) is 0 Å². The van der Waals surface area contributed by atoms with E-state index < -0.39 is 0 Å². The number of hydrogen-bond donors (Lipinski definition) is 1. The van der Waals surface area contributed by atoms with Crippen LogP contribution in [0.1, 0.15) is 61.4 Å². The molecule has 130 valence electrons. The molecule has 1 aliphatic heterocycles. The summed E-state index contributed by atoms with van der Waals surface area (Å²) in [5.41, 5.74) is 6.81. The first-order valence-electron chi connectivity index (χ1n) is 9.18. The summed E-state index contributed by atoms with van der Waals surface area (Å²) in [5.74, 6) is 1.02. The molecule has 0 saturated heterocycles. The van der Waals surface area contributed by atoms with E-state index in [1.54, 1.807) is 0 Å². The van der Waals surface area contributed by atoms with Crippen LogP contribution in [-0.2, 0) is 5.41 Å². The summed E-state index contributed by atoms with van der Waals surface area (Å²) in [6.45, 7) is 8.94. The Morgan fingerprint density at radius 2 is 1.80 bits per heavy atom. The molecular formula is C23H26ClN. The Labute approximate surface area is 156 Å². The molecule has 25 heavy (non-hydrogen) atoms. The summed E-state index contributed by atoms with van der Waals surface area (Å²) in [4.78, 5) is 0. The quantitative estimate of drug-likeness (QED) is 0.559. The highest BCUT2D eigenvalue weighted by atomic mass is 35.5. The summed E-state index contributed by atoms with van der Waals surface area (Å²) in [5, 5.41) is 4.68. The Morgan fingerprint density at radius 1 is 1.08 bits per heavy atom. The molecule has 2 aromatic rings. The lowest BCUT2D eigenvalue weighted by atomic mass is 9.76. The third kappa shape index (κ3) is 2.89. The van der Waals surface area contributed by atoms with E-state index in [1.165, 1.54) is 27.9 Å². The van der Waals surface area contributed by atoms with Gasteiger partial charge in [-0.3, -0.25) is 0 Å². The van der Waals surface area contributed by atoms with Gasteiger partial charge in [0.25, 0.3) is 0 Å². The first-order valence-corrected chi connectivity index (χ1v) is 9.56. The fourth-order valence-electron chi connectivity index (χ4n) is 4.36. The maximum Gasteiger partial charge on any atom is 0.0554 e. The van der Waals surface area contributed by atoms with Gasteiger partial charge in [0.1, 0.15) is 0 Å². The monoisotopic (exact) mass is 351 g/mol. The van der Waals surface area contributed by atoms with Gasteiger partial charge in [-0.2, -0.15) is 0 Å². The highest BCUT2D eigenvalue weighted by Crippen LogP contribution is 2.51. The Kier molecular flexibility index (Phi) is 3.96.